The number of rotatable bonds is 10. The maximum atomic E-state index is 11.1. The summed E-state index contributed by atoms with van der Waals surface area (Å²) in [5.41, 5.74) is 1.15. The first-order valence-corrected chi connectivity index (χ1v) is 9.24. The van der Waals surface area contributed by atoms with Crippen molar-refractivity contribution in [1.82, 2.24) is 4.98 Å². The van der Waals surface area contributed by atoms with Crippen molar-refractivity contribution in [1.29, 1.82) is 0 Å². The number of nitrogens with one attached hydrogen (secondary N) is 1. The molecule has 1 heterocycles. The molecular weight excluding hydrogens is 328 g/mol. The van der Waals surface area contributed by atoms with E-state index in [0.717, 1.165) is 50.2 Å². The molecule has 0 radical (unpaired) electrons. The first-order valence-electron chi connectivity index (χ1n) is 9.24. The Bertz CT molecular complexity index is 697. The van der Waals surface area contributed by atoms with Crippen molar-refractivity contribution in [2.24, 2.45) is 5.41 Å². The quantitative estimate of drug-likeness (QED) is 0.627. The van der Waals surface area contributed by atoms with Gasteiger partial charge in [-0.05, 0) is 60.9 Å². The number of hydrogen-bond donors (Lipinski definition) is 2. The van der Waals surface area contributed by atoms with Gasteiger partial charge in [-0.2, -0.15) is 0 Å². The van der Waals surface area contributed by atoms with Crippen LogP contribution in [0.25, 0.3) is 0 Å². The third-order valence-corrected chi connectivity index (χ3v) is 5.00. The predicted octanol–water partition coefficient (Wildman–Crippen LogP) is 4.15. The normalized spacial score (nSPS) is 15.1. The molecule has 1 fully saturated rings. The van der Waals surface area contributed by atoms with Crippen LogP contribution in [0.2, 0.25) is 0 Å². The van der Waals surface area contributed by atoms with E-state index in [4.69, 9.17) is 9.84 Å². The Morgan fingerprint density at radius 1 is 1.19 bits per heavy atom. The lowest BCUT2D eigenvalue weighted by Crippen LogP contribution is -2.34. The standard InChI is InChI=1S/C21H26N2O3/c24-20(25)16-21(10-3-11-21)15-17-6-8-18(9-7-17)26-14-4-13-23-19-5-1-2-12-22-19/h1-2,5-9,12H,3-4,10-11,13-16H2,(H,22,23)(H,24,25). The molecule has 0 spiro atoms. The van der Waals surface area contributed by atoms with Crippen molar-refractivity contribution in [3.8, 4) is 5.75 Å². The van der Waals surface area contributed by atoms with Crippen molar-refractivity contribution in [3.05, 3.63) is 54.2 Å². The molecule has 2 aromatic rings. The summed E-state index contributed by atoms with van der Waals surface area (Å²) in [7, 11) is 0. The molecular formula is C21H26N2O3. The zero-order chi connectivity index (χ0) is 18.2. The average Bonchev–Trinajstić information content (AvgIpc) is 2.61. The van der Waals surface area contributed by atoms with E-state index >= 15 is 0 Å². The third-order valence-electron chi connectivity index (χ3n) is 5.00. The highest BCUT2D eigenvalue weighted by atomic mass is 16.5. The number of carbonyl (C=O) groups is 1. The minimum atomic E-state index is -0.691. The van der Waals surface area contributed by atoms with Crippen LogP contribution in [0.3, 0.4) is 0 Å². The molecule has 1 aromatic carbocycles. The maximum Gasteiger partial charge on any atom is 0.303 e. The van der Waals surface area contributed by atoms with E-state index in [-0.39, 0.29) is 11.8 Å². The van der Waals surface area contributed by atoms with Gasteiger partial charge in [-0.25, -0.2) is 4.98 Å². The molecule has 0 atom stereocenters. The molecule has 0 amide bonds. The molecule has 138 valence electrons. The van der Waals surface area contributed by atoms with Crippen molar-refractivity contribution in [2.45, 2.75) is 38.5 Å². The highest BCUT2D eigenvalue weighted by molar-refractivity contribution is 5.68. The summed E-state index contributed by atoms with van der Waals surface area (Å²) in [6.45, 7) is 1.45. The SMILES string of the molecule is O=C(O)CC1(Cc2ccc(OCCCNc3ccccn3)cc2)CCC1. The number of carboxylic acid groups (broad SMARTS) is 1. The predicted molar refractivity (Wildman–Crippen MR) is 102 cm³/mol. The second-order valence-corrected chi connectivity index (χ2v) is 7.09. The Morgan fingerprint density at radius 2 is 2.00 bits per heavy atom. The molecule has 5 nitrogen and oxygen atoms in total. The van der Waals surface area contributed by atoms with Gasteiger partial charge in [-0.1, -0.05) is 24.6 Å². The summed E-state index contributed by atoms with van der Waals surface area (Å²) in [6, 6.07) is 13.9. The first kappa shape index (κ1) is 18.2. The zero-order valence-corrected chi connectivity index (χ0v) is 15.0. The molecule has 2 N–H and O–H groups in total. The molecule has 5 heteroatoms. The van der Waals surface area contributed by atoms with Crippen molar-refractivity contribution >= 4 is 11.8 Å². The fraction of sp³-hybridized carbons (Fsp3) is 0.429. The van der Waals surface area contributed by atoms with Crippen LogP contribution in [0.4, 0.5) is 5.82 Å². The van der Waals surface area contributed by atoms with E-state index in [1.54, 1.807) is 6.20 Å². The second-order valence-electron chi connectivity index (χ2n) is 7.09. The monoisotopic (exact) mass is 354 g/mol. The molecule has 3 rings (SSSR count). The van der Waals surface area contributed by atoms with E-state index < -0.39 is 5.97 Å². The van der Waals surface area contributed by atoms with Crippen LogP contribution in [0.5, 0.6) is 5.75 Å². The molecule has 1 saturated carbocycles. The summed E-state index contributed by atoms with van der Waals surface area (Å²) >= 11 is 0. The fourth-order valence-corrected chi connectivity index (χ4v) is 3.50. The summed E-state index contributed by atoms with van der Waals surface area (Å²) < 4.78 is 5.78. The number of hydrogen-bond acceptors (Lipinski definition) is 4. The Morgan fingerprint density at radius 3 is 2.62 bits per heavy atom. The molecule has 0 unspecified atom stereocenters. The van der Waals surface area contributed by atoms with Gasteiger partial charge >= 0.3 is 5.97 Å². The number of nitrogens with zero attached hydrogens (tertiary/aromatic N) is 1. The molecule has 1 aromatic heterocycles. The minimum absolute atomic E-state index is 0.0364. The Labute approximate surface area is 154 Å². The van der Waals surface area contributed by atoms with Crippen LogP contribution >= 0.6 is 0 Å². The van der Waals surface area contributed by atoms with Crippen molar-refractivity contribution in [3.63, 3.8) is 0 Å². The Hall–Kier alpha value is -2.56. The molecule has 1 aliphatic rings. The van der Waals surface area contributed by atoms with Gasteiger partial charge in [-0.15, -0.1) is 0 Å². The largest absolute Gasteiger partial charge is 0.494 e. The van der Waals surface area contributed by atoms with Gasteiger partial charge in [0.15, 0.2) is 0 Å². The number of aliphatic carboxylic acids is 1. The summed E-state index contributed by atoms with van der Waals surface area (Å²) in [6.07, 6.45) is 6.94. The summed E-state index contributed by atoms with van der Waals surface area (Å²) in [5, 5.41) is 12.4. The smallest absolute Gasteiger partial charge is 0.303 e. The highest BCUT2D eigenvalue weighted by Crippen LogP contribution is 2.46. The topological polar surface area (TPSA) is 71.5 Å². The average molecular weight is 354 g/mol. The lowest BCUT2D eigenvalue weighted by molar-refractivity contribution is -0.141. The van der Waals surface area contributed by atoms with Crippen LogP contribution in [-0.2, 0) is 11.2 Å². The minimum Gasteiger partial charge on any atom is -0.494 e. The number of ether oxygens (including phenoxy) is 1. The van der Waals surface area contributed by atoms with Gasteiger partial charge in [0.05, 0.1) is 13.0 Å². The first-order chi connectivity index (χ1) is 12.7. The number of anilines is 1. The molecule has 0 aliphatic heterocycles. The van der Waals surface area contributed by atoms with E-state index in [2.05, 4.69) is 22.4 Å². The van der Waals surface area contributed by atoms with Crippen molar-refractivity contribution in [2.75, 3.05) is 18.5 Å². The van der Waals surface area contributed by atoms with Gasteiger partial charge in [0.25, 0.3) is 0 Å². The highest BCUT2D eigenvalue weighted by Gasteiger charge is 2.38. The van der Waals surface area contributed by atoms with Crippen LogP contribution in [0, 0.1) is 5.41 Å². The Kier molecular flexibility index (Phi) is 6.10. The third kappa shape index (κ3) is 5.22. The van der Waals surface area contributed by atoms with Gasteiger partial charge in [0.1, 0.15) is 11.6 Å². The van der Waals surface area contributed by atoms with E-state index in [1.807, 2.05) is 30.3 Å². The summed E-state index contributed by atoms with van der Waals surface area (Å²) in [4.78, 5) is 15.3. The second kappa shape index (κ2) is 8.70. The molecule has 26 heavy (non-hydrogen) atoms. The number of pyridine rings is 1. The Balaban J connectivity index is 1.39. The fourth-order valence-electron chi connectivity index (χ4n) is 3.50. The van der Waals surface area contributed by atoms with Gasteiger partial charge in [0.2, 0.25) is 0 Å². The van der Waals surface area contributed by atoms with Gasteiger partial charge in [-0.3, -0.25) is 4.79 Å². The molecule has 1 aliphatic carbocycles. The lowest BCUT2D eigenvalue weighted by Gasteiger charge is -2.41. The van der Waals surface area contributed by atoms with Gasteiger partial charge in [0, 0.05) is 12.7 Å². The molecule has 0 saturated heterocycles. The number of benzene rings is 1. The van der Waals surface area contributed by atoms with Crippen LogP contribution < -0.4 is 10.1 Å². The molecule has 0 bridgehead atoms. The number of aromatic nitrogens is 1. The van der Waals surface area contributed by atoms with Crippen LogP contribution in [-0.4, -0.2) is 29.2 Å². The van der Waals surface area contributed by atoms with E-state index in [9.17, 15) is 4.79 Å². The zero-order valence-electron chi connectivity index (χ0n) is 15.0. The summed E-state index contributed by atoms with van der Waals surface area (Å²) in [5.74, 6) is 1.04. The lowest BCUT2D eigenvalue weighted by atomic mass is 9.63. The number of carboxylic acids is 1. The van der Waals surface area contributed by atoms with E-state index in [1.165, 1.54) is 5.56 Å². The van der Waals surface area contributed by atoms with Crippen molar-refractivity contribution < 1.29 is 14.6 Å². The maximum absolute atomic E-state index is 11.1. The van der Waals surface area contributed by atoms with Gasteiger partial charge < -0.3 is 15.2 Å². The van der Waals surface area contributed by atoms with Crippen LogP contribution in [0.1, 0.15) is 37.7 Å². The van der Waals surface area contributed by atoms with Crippen LogP contribution in [0.15, 0.2) is 48.7 Å². The van der Waals surface area contributed by atoms with E-state index in [0.29, 0.717) is 6.61 Å².